The Morgan fingerprint density at radius 2 is 1.89 bits per heavy atom. The molecule has 10 heteroatoms. The van der Waals surface area contributed by atoms with Crippen LogP contribution in [0.5, 0.6) is 5.75 Å². The third kappa shape index (κ3) is 8.53. The fourth-order valence-corrected chi connectivity index (χ4v) is 2.76. The maximum Gasteiger partial charge on any atom is 0.573 e. The summed E-state index contributed by atoms with van der Waals surface area (Å²) >= 11 is 0. The number of benzene rings is 1. The molecule has 28 heavy (non-hydrogen) atoms. The molecule has 1 aromatic carbocycles. The topological polar surface area (TPSA) is 66.0 Å². The second-order valence-electron chi connectivity index (χ2n) is 6.59. The molecular weight excluding hydrogens is 488 g/mol. The maximum absolute atomic E-state index is 12.6. The van der Waals surface area contributed by atoms with E-state index in [0.29, 0.717) is 11.5 Å². The fraction of sp³-hybridized carbons (Fsp3) is 0.556. The summed E-state index contributed by atoms with van der Waals surface area (Å²) in [6, 6.07) is 6.13. The van der Waals surface area contributed by atoms with E-state index in [1.54, 1.807) is 20.2 Å². The summed E-state index contributed by atoms with van der Waals surface area (Å²) in [4.78, 5) is 17.6. The second kappa shape index (κ2) is 11.3. The van der Waals surface area contributed by atoms with Crippen LogP contribution in [0.3, 0.4) is 0 Å². The van der Waals surface area contributed by atoms with Crippen molar-refractivity contribution >= 4 is 35.8 Å². The first-order valence-corrected chi connectivity index (χ1v) is 8.83. The van der Waals surface area contributed by atoms with Gasteiger partial charge in [0.1, 0.15) is 5.75 Å². The van der Waals surface area contributed by atoms with Gasteiger partial charge in [-0.05, 0) is 18.9 Å². The van der Waals surface area contributed by atoms with Crippen molar-refractivity contribution in [3.63, 3.8) is 0 Å². The molecule has 1 amide bonds. The van der Waals surface area contributed by atoms with Gasteiger partial charge in [-0.15, -0.1) is 37.1 Å². The van der Waals surface area contributed by atoms with Crippen LogP contribution < -0.4 is 15.4 Å². The predicted octanol–water partition coefficient (Wildman–Crippen LogP) is 3.27. The monoisotopic (exact) mass is 514 g/mol. The Labute approximate surface area is 179 Å². The summed E-state index contributed by atoms with van der Waals surface area (Å²) in [6.07, 6.45) is -0.541. The van der Waals surface area contributed by atoms with Gasteiger partial charge in [0.25, 0.3) is 0 Å². The summed E-state index contributed by atoms with van der Waals surface area (Å²) < 4.78 is 41.7. The van der Waals surface area contributed by atoms with Gasteiger partial charge in [0.15, 0.2) is 5.96 Å². The highest BCUT2D eigenvalue weighted by atomic mass is 127. The van der Waals surface area contributed by atoms with E-state index >= 15 is 0 Å². The van der Waals surface area contributed by atoms with Crippen molar-refractivity contribution in [2.24, 2.45) is 4.99 Å². The average Bonchev–Trinajstić information content (AvgIpc) is 3.09. The van der Waals surface area contributed by atoms with Crippen LogP contribution in [0.25, 0.3) is 0 Å². The lowest BCUT2D eigenvalue weighted by atomic mass is 10.2. The van der Waals surface area contributed by atoms with Crippen molar-refractivity contribution in [3.05, 3.63) is 29.8 Å². The molecule has 0 unspecified atom stereocenters. The highest BCUT2D eigenvalue weighted by Gasteiger charge is 2.32. The third-order valence-corrected chi connectivity index (χ3v) is 4.21. The minimum atomic E-state index is -4.76. The molecule has 0 bridgehead atoms. The summed E-state index contributed by atoms with van der Waals surface area (Å²) in [6.45, 7) is 0.0384. The molecule has 1 aliphatic carbocycles. The van der Waals surface area contributed by atoms with Crippen LogP contribution in [0.15, 0.2) is 29.3 Å². The van der Waals surface area contributed by atoms with E-state index in [-0.39, 0.29) is 54.8 Å². The van der Waals surface area contributed by atoms with Gasteiger partial charge >= 0.3 is 6.36 Å². The Hall–Kier alpha value is -1.72. The number of nitrogens with one attached hydrogen (secondary N) is 2. The Balaban J connectivity index is 0.00000392. The zero-order valence-corrected chi connectivity index (χ0v) is 18.2. The van der Waals surface area contributed by atoms with Crippen molar-refractivity contribution in [3.8, 4) is 5.75 Å². The van der Waals surface area contributed by atoms with Crippen molar-refractivity contribution in [1.29, 1.82) is 0 Å². The number of hydrogen-bond acceptors (Lipinski definition) is 3. The van der Waals surface area contributed by atoms with Gasteiger partial charge in [0.05, 0.1) is 13.1 Å². The highest BCUT2D eigenvalue weighted by Crippen LogP contribution is 2.26. The molecule has 0 heterocycles. The summed E-state index contributed by atoms with van der Waals surface area (Å²) in [7, 11) is 3.30. The number of carbonyl (C=O) groups is 1. The first-order valence-electron chi connectivity index (χ1n) is 8.83. The number of rotatable bonds is 6. The molecule has 0 saturated heterocycles. The van der Waals surface area contributed by atoms with Gasteiger partial charge in [0, 0.05) is 25.7 Å². The number of amides is 1. The Bertz CT molecular complexity index is 662. The molecule has 0 aromatic heterocycles. The number of aliphatic imine (C=N–C) groups is 1. The minimum absolute atomic E-state index is 0. The van der Waals surface area contributed by atoms with Gasteiger partial charge in [-0.25, -0.2) is 4.99 Å². The first-order chi connectivity index (χ1) is 12.7. The minimum Gasteiger partial charge on any atom is -0.405 e. The molecular formula is C18H26F3IN4O2. The van der Waals surface area contributed by atoms with Crippen LogP contribution in [0.4, 0.5) is 13.2 Å². The molecule has 2 rings (SSSR count). The zero-order valence-electron chi connectivity index (χ0n) is 15.9. The lowest BCUT2D eigenvalue weighted by Gasteiger charge is -2.19. The van der Waals surface area contributed by atoms with Crippen molar-refractivity contribution < 1.29 is 22.7 Å². The number of para-hydroxylation sites is 1. The van der Waals surface area contributed by atoms with Crippen molar-refractivity contribution in [2.75, 3.05) is 20.6 Å². The molecule has 1 aromatic rings. The standard InChI is InChI=1S/C18H25F3N4O2.HI/c1-25(2)16(26)12-23-17(24-14-8-4-5-9-14)22-11-13-7-3-6-10-15(13)27-18(19,20)21;/h3,6-7,10,14H,4-5,8-9,11-12H2,1-2H3,(H2,22,23,24);1H. The van der Waals surface area contributed by atoms with Gasteiger partial charge in [-0.2, -0.15) is 0 Å². The van der Waals surface area contributed by atoms with E-state index in [4.69, 9.17) is 0 Å². The second-order valence-corrected chi connectivity index (χ2v) is 6.59. The van der Waals surface area contributed by atoms with Crippen molar-refractivity contribution in [2.45, 2.75) is 44.6 Å². The molecule has 1 saturated carbocycles. The van der Waals surface area contributed by atoms with Crippen LogP contribution in [-0.2, 0) is 11.3 Å². The normalized spacial score (nSPS) is 15.0. The van der Waals surface area contributed by atoms with E-state index in [9.17, 15) is 18.0 Å². The number of likely N-dealkylation sites (N-methyl/N-ethyl adjacent to an activating group) is 1. The molecule has 158 valence electrons. The van der Waals surface area contributed by atoms with Gasteiger partial charge in [-0.1, -0.05) is 31.0 Å². The van der Waals surface area contributed by atoms with Crippen molar-refractivity contribution in [1.82, 2.24) is 15.5 Å². The molecule has 0 spiro atoms. The number of guanidine groups is 1. The van der Waals surface area contributed by atoms with Crippen LogP contribution in [-0.4, -0.2) is 49.8 Å². The number of hydrogen-bond donors (Lipinski definition) is 2. The third-order valence-electron chi connectivity index (χ3n) is 4.21. The van der Waals surface area contributed by atoms with Gasteiger partial charge in [0.2, 0.25) is 5.91 Å². The first kappa shape index (κ1) is 24.3. The summed E-state index contributed by atoms with van der Waals surface area (Å²) in [5.41, 5.74) is 0.307. The number of alkyl halides is 3. The highest BCUT2D eigenvalue weighted by molar-refractivity contribution is 14.0. The zero-order chi connectivity index (χ0) is 19.9. The van der Waals surface area contributed by atoms with E-state index in [1.165, 1.54) is 23.1 Å². The van der Waals surface area contributed by atoms with Crippen LogP contribution in [0.2, 0.25) is 0 Å². The van der Waals surface area contributed by atoms with E-state index < -0.39 is 6.36 Å². The number of nitrogens with zero attached hydrogens (tertiary/aromatic N) is 2. The maximum atomic E-state index is 12.6. The summed E-state index contributed by atoms with van der Waals surface area (Å²) in [5, 5.41) is 6.20. The number of ether oxygens (including phenoxy) is 1. The largest absolute Gasteiger partial charge is 0.573 e. The van der Waals surface area contributed by atoms with Gasteiger partial charge < -0.3 is 20.3 Å². The molecule has 1 fully saturated rings. The molecule has 0 aliphatic heterocycles. The van der Waals surface area contributed by atoms with Crippen LogP contribution in [0.1, 0.15) is 31.2 Å². The Morgan fingerprint density at radius 1 is 1.25 bits per heavy atom. The molecule has 2 N–H and O–H groups in total. The van der Waals surface area contributed by atoms with Gasteiger partial charge in [-0.3, -0.25) is 4.79 Å². The predicted molar refractivity (Wildman–Crippen MR) is 112 cm³/mol. The lowest BCUT2D eigenvalue weighted by molar-refractivity contribution is -0.274. The smallest absolute Gasteiger partial charge is 0.405 e. The number of halogens is 4. The Kier molecular flexibility index (Phi) is 9.83. The molecule has 1 aliphatic rings. The van der Waals surface area contributed by atoms with E-state index in [1.807, 2.05) is 0 Å². The molecule has 0 radical (unpaired) electrons. The number of carbonyl (C=O) groups excluding carboxylic acids is 1. The quantitative estimate of drug-likeness (QED) is 0.348. The fourth-order valence-electron chi connectivity index (χ4n) is 2.76. The van der Waals surface area contributed by atoms with E-state index in [2.05, 4.69) is 20.4 Å². The average molecular weight is 514 g/mol. The van der Waals surface area contributed by atoms with E-state index in [0.717, 1.165) is 25.7 Å². The lowest BCUT2D eigenvalue weighted by Crippen LogP contribution is -2.46. The van der Waals surface area contributed by atoms with Crippen LogP contribution in [0, 0.1) is 0 Å². The Morgan fingerprint density at radius 3 is 2.50 bits per heavy atom. The SMILES string of the molecule is CN(C)C(=O)CNC(=NCc1ccccc1OC(F)(F)F)NC1CCCC1.I. The molecule has 0 atom stereocenters. The molecule has 6 nitrogen and oxygen atoms in total. The summed E-state index contributed by atoms with van der Waals surface area (Å²) in [5.74, 6) is -0.00558. The van der Waals surface area contributed by atoms with Crippen LogP contribution >= 0.6 is 24.0 Å².